The van der Waals surface area contributed by atoms with Crippen molar-refractivity contribution in [1.29, 1.82) is 5.26 Å². The Kier molecular flexibility index (Phi) is 2.97. The third-order valence-corrected chi connectivity index (χ3v) is 2.31. The molecule has 17 heavy (non-hydrogen) atoms. The molecule has 2 aromatic rings. The smallest absolute Gasteiger partial charge is 0.158 e. The van der Waals surface area contributed by atoms with Crippen LogP contribution in [0.2, 0.25) is 0 Å². The second kappa shape index (κ2) is 4.58. The van der Waals surface area contributed by atoms with Crippen molar-refractivity contribution in [2.75, 3.05) is 11.9 Å². The summed E-state index contributed by atoms with van der Waals surface area (Å²) in [5.41, 5.74) is 1.06. The number of aromatic nitrogens is 2. The van der Waals surface area contributed by atoms with Crippen LogP contribution in [0.5, 0.6) is 0 Å². The van der Waals surface area contributed by atoms with Crippen LogP contribution in [0.25, 0.3) is 0 Å². The Morgan fingerprint density at radius 2 is 1.88 bits per heavy atom. The highest BCUT2D eigenvalue weighted by atomic mass is 19.1. The zero-order valence-electron chi connectivity index (χ0n) is 9.13. The molecule has 0 aliphatic heterocycles. The van der Waals surface area contributed by atoms with Gasteiger partial charge in [0.05, 0.1) is 12.4 Å². The average Bonchev–Trinajstić information content (AvgIpc) is 2.39. The van der Waals surface area contributed by atoms with Crippen LogP contribution in [0.15, 0.2) is 36.7 Å². The molecule has 1 heterocycles. The van der Waals surface area contributed by atoms with Crippen molar-refractivity contribution in [2.24, 2.45) is 0 Å². The number of rotatable bonds is 2. The SMILES string of the molecule is CN(c1ccc(F)cc1)c1cnc(C#N)cn1. The fraction of sp³-hybridized carbons (Fsp3) is 0.0833. The fourth-order valence-corrected chi connectivity index (χ4v) is 1.35. The van der Waals surface area contributed by atoms with Crippen LogP contribution in [-0.2, 0) is 0 Å². The first kappa shape index (κ1) is 11.0. The number of hydrogen-bond acceptors (Lipinski definition) is 4. The predicted molar refractivity (Wildman–Crippen MR) is 61.2 cm³/mol. The van der Waals surface area contributed by atoms with Crippen molar-refractivity contribution in [1.82, 2.24) is 9.97 Å². The molecule has 0 atom stereocenters. The van der Waals surface area contributed by atoms with Crippen LogP contribution in [0.3, 0.4) is 0 Å². The van der Waals surface area contributed by atoms with Crippen LogP contribution < -0.4 is 4.90 Å². The summed E-state index contributed by atoms with van der Waals surface area (Å²) in [6, 6.07) is 7.95. The summed E-state index contributed by atoms with van der Waals surface area (Å²) in [7, 11) is 1.79. The van der Waals surface area contributed by atoms with E-state index in [1.54, 1.807) is 24.1 Å². The van der Waals surface area contributed by atoms with E-state index in [9.17, 15) is 4.39 Å². The molecule has 5 heteroatoms. The molecule has 0 N–H and O–H groups in total. The Morgan fingerprint density at radius 1 is 1.18 bits per heavy atom. The normalized spacial score (nSPS) is 9.71. The van der Waals surface area contributed by atoms with E-state index in [1.165, 1.54) is 24.5 Å². The standard InChI is InChI=1S/C12H9FN4/c1-17(11-4-2-9(13)3-5-11)12-8-15-10(6-14)7-16-12/h2-5,7-8H,1H3. The Hall–Kier alpha value is -2.48. The lowest BCUT2D eigenvalue weighted by molar-refractivity contribution is 0.628. The number of anilines is 2. The van der Waals surface area contributed by atoms with E-state index in [0.29, 0.717) is 5.82 Å². The van der Waals surface area contributed by atoms with E-state index in [4.69, 9.17) is 5.26 Å². The van der Waals surface area contributed by atoms with Crippen molar-refractivity contribution >= 4 is 11.5 Å². The zero-order chi connectivity index (χ0) is 12.3. The lowest BCUT2D eigenvalue weighted by Gasteiger charge is -2.17. The largest absolute Gasteiger partial charge is 0.328 e. The molecular weight excluding hydrogens is 219 g/mol. The highest BCUT2D eigenvalue weighted by Gasteiger charge is 2.05. The predicted octanol–water partition coefficient (Wildman–Crippen LogP) is 2.26. The third-order valence-electron chi connectivity index (χ3n) is 2.31. The topological polar surface area (TPSA) is 52.8 Å². The van der Waals surface area contributed by atoms with Gasteiger partial charge in [-0.15, -0.1) is 0 Å². The molecule has 1 aromatic carbocycles. The van der Waals surface area contributed by atoms with Gasteiger partial charge in [-0.1, -0.05) is 0 Å². The van der Waals surface area contributed by atoms with Crippen LogP contribution in [-0.4, -0.2) is 17.0 Å². The quantitative estimate of drug-likeness (QED) is 0.791. The van der Waals surface area contributed by atoms with E-state index < -0.39 is 0 Å². The molecule has 0 bridgehead atoms. The number of benzene rings is 1. The van der Waals surface area contributed by atoms with Gasteiger partial charge in [-0.05, 0) is 24.3 Å². The van der Waals surface area contributed by atoms with Gasteiger partial charge in [0.15, 0.2) is 11.5 Å². The van der Waals surface area contributed by atoms with Gasteiger partial charge in [-0.3, -0.25) is 0 Å². The average molecular weight is 228 g/mol. The monoisotopic (exact) mass is 228 g/mol. The number of nitriles is 1. The summed E-state index contributed by atoms with van der Waals surface area (Å²) in [6.45, 7) is 0. The number of hydrogen-bond donors (Lipinski definition) is 0. The molecule has 0 saturated heterocycles. The van der Waals surface area contributed by atoms with E-state index >= 15 is 0 Å². The van der Waals surface area contributed by atoms with Crippen molar-refractivity contribution in [3.63, 3.8) is 0 Å². The summed E-state index contributed by atoms with van der Waals surface area (Å²) in [6.07, 6.45) is 2.90. The van der Waals surface area contributed by atoms with Crippen LogP contribution >= 0.6 is 0 Å². The molecule has 4 nitrogen and oxygen atoms in total. The summed E-state index contributed by atoms with van der Waals surface area (Å²) in [5.74, 6) is 0.309. The number of nitrogens with zero attached hydrogens (tertiary/aromatic N) is 4. The minimum absolute atomic E-state index is 0.265. The molecule has 2 rings (SSSR count). The summed E-state index contributed by atoms with van der Waals surface area (Å²) in [5, 5.41) is 8.61. The van der Waals surface area contributed by atoms with Crippen LogP contribution in [0.4, 0.5) is 15.9 Å². The Morgan fingerprint density at radius 3 is 2.41 bits per heavy atom. The molecule has 1 aromatic heterocycles. The van der Waals surface area contributed by atoms with Gasteiger partial charge in [0.1, 0.15) is 11.9 Å². The lowest BCUT2D eigenvalue weighted by Crippen LogP contribution is -2.11. The molecule has 0 unspecified atom stereocenters. The number of halogens is 1. The maximum Gasteiger partial charge on any atom is 0.158 e. The van der Waals surface area contributed by atoms with Gasteiger partial charge in [0.25, 0.3) is 0 Å². The summed E-state index contributed by atoms with van der Waals surface area (Å²) < 4.78 is 12.8. The summed E-state index contributed by atoms with van der Waals surface area (Å²) >= 11 is 0. The lowest BCUT2D eigenvalue weighted by atomic mass is 10.3. The molecule has 0 saturated carbocycles. The van der Waals surface area contributed by atoms with E-state index in [0.717, 1.165) is 5.69 Å². The van der Waals surface area contributed by atoms with Gasteiger partial charge >= 0.3 is 0 Å². The van der Waals surface area contributed by atoms with Crippen LogP contribution in [0.1, 0.15) is 5.69 Å². The van der Waals surface area contributed by atoms with Gasteiger partial charge in [0.2, 0.25) is 0 Å². The Balaban J connectivity index is 2.27. The van der Waals surface area contributed by atoms with Gasteiger partial charge in [0, 0.05) is 12.7 Å². The highest BCUT2D eigenvalue weighted by Crippen LogP contribution is 2.20. The Bertz CT molecular complexity index is 542. The molecule has 84 valence electrons. The van der Waals surface area contributed by atoms with Gasteiger partial charge in [-0.25, -0.2) is 14.4 Å². The maximum absolute atomic E-state index is 12.8. The van der Waals surface area contributed by atoms with Crippen LogP contribution in [0, 0.1) is 17.1 Å². The molecule has 0 spiro atoms. The van der Waals surface area contributed by atoms with Gasteiger partial charge in [-0.2, -0.15) is 5.26 Å². The van der Waals surface area contributed by atoms with E-state index in [-0.39, 0.29) is 11.5 Å². The maximum atomic E-state index is 12.8. The second-order valence-corrected chi connectivity index (χ2v) is 3.41. The van der Waals surface area contributed by atoms with E-state index in [2.05, 4.69) is 9.97 Å². The van der Waals surface area contributed by atoms with Crippen molar-refractivity contribution < 1.29 is 4.39 Å². The van der Waals surface area contributed by atoms with Crippen molar-refractivity contribution in [2.45, 2.75) is 0 Å². The third kappa shape index (κ3) is 2.37. The molecular formula is C12H9FN4. The van der Waals surface area contributed by atoms with Gasteiger partial charge < -0.3 is 4.90 Å². The first-order valence-corrected chi connectivity index (χ1v) is 4.92. The highest BCUT2D eigenvalue weighted by molar-refractivity contribution is 5.58. The van der Waals surface area contributed by atoms with E-state index in [1.807, 2.05) is 6.07 Å². The molecule has 0 aliphatic rings. The van der Waals surface area contributed by atoms with Crippen molar-refractivity contribution in [3.8, 4) is 6.07 Å². The molecule has 0 aliphatic carbocycles. The second-order valence-electron chi connectivity index (χ2n) is 3.41. The Labute approximate surface area is 98.0 Å². The minimum Gasteiger partial charge on any atom is -0.328 e. The molecule has 0 fully saturated rings. The first-order valence-electron chi connectivity index (χ1n) is 4.92. The summed E-state index contributed by atoms with van der Waals surface area (Å²) in [4.78, 5) is 9.77. The zero-order valence-corrected chi connectivity index (χ0v) is 9.13. The molecule has 0 amide bonds. The first-order chi connectivity index (χ1) is 8.20. The van der Waals surface area contributed by atoms with Crippen molar-refractivity contribution in [3.05, 3.63) is 48.2 Å². The molecule has 0 radical (unpaired) electrons. The minimum atomic E-state index is -0.284. The fourth-order valence-electron chi connectivity index (χ4n) is 1.35.